The molecule has 1 aromatic carbocycles. The van der Waals surface area contributed by atoms with Gasteiger partial charge in [-0.1, -0.05) is 18.2 Å². The van der Waals surface area contributed by atoms with Gasteiger partial charge < -0.3 is 20.1 Å². The highest BCUT2D eigenvalue weighted by Crippen LogP contribution is 2.33. The van der Waals surface area contributed by atoms with Crippen molar-refractivity contribution in [3.8, 4) is 0 Å². The molecule has 1 aromatic rings. The number of benzene rings is 1. The van der Waals surface area contributed by atoms with Crippen molar-refractivity contribution >= 4 is 5.69 Å². The van der Waals surface area contributed by atoms with Gasteiger partial charge >= 0.3 is 0 Å². The molecule has 1 saturated heterocycles. The molecular weight excluding hydrogens is 194 g/mol. The summed E-state index contributed by atoms with van der Waals surface area (Å²) >= 11 is 0. The molecule has 4 atom stereocenters. The number of rotatable bonds is 1. The third-order valence-electron chi connectivity index (χ3n) is 3.20. The van der Waals surface area contributed by atoms with Gasteiger partial charge in [0.25, 0.3) is 0 Å². The summed E-state index contributed by atoms with van der Waals surface area (Å²) in [6.07, 6.45) is -1.87. The molecule has 2 rings (SSSR count). The summed E-state index contributed by atoms with van der Waals surface area (Å²) in [7, 11) is 0. The summed E-state index contributed by atoms with van der Waals surface area (Å²) in [4.78, 5) is 0. The summed E-state index contributed by atoms with van der Waals surface area (Å²) < 4.78 is -0.650. The first-order valence-corrected chi connectivity index (χ1v) is 5.06. The van der Waals surface area contributed by atoms with E-state index < -0.39 is 22.9 Å². The zero-order valence-corrected chi connectivity index (χ0v) is 8.58. The minimum absolute atomic E-state index is 0.0202. The summed E-state index contributed by atoms with van der Waals surface area (Å²) in [5.74, 6) is 0. The fourth-order valence-corrected chi connectivity index (χ4v) is 2.14. The zero-order chi connectivity index (χ0) is 11.1. The average molecular weight is 209 g/mol. The van der Waals surface area contributed by atoms with E-state index in [0.29, 0.717) is 5.69 Å². The predicted octanol–water partition coefficient (Wildman–Crippen LogP) is 0.616. The highest BCUT2D eigenvalue weighted by molar-refractivity contribution is 5.45. The van der Waals surface area contributed by atoms with Crippen LogP contribution in [0.25, 0.3) is 0 Å². The molecule has 1 fully saturated rings. The maximum absolute atomic E-state index is 12.5. The molecule has 2 N–H and O–H groups in total. The second-order valence-corrected chi connectivity index (χ2v) is 4.11. The van der Waals surface area contributed by atoms with Gasteiger partial charge in [-0.15, -0.1) is 0 Å². The Kier molecular flexibility index (Phi) is 2.52. The molecule has 1 heterocycles. The van der Waals surface area contributed by atoms with Gasteiger partial charge in [0.2, 0.25) is 0 Å². The van der Waals surface area contributed by atoms with Gasteiger partial charge in [0.05, 0.1) is 0 Å². The molecule has 0 aromatic heterocycles. The van der Waals surface area contributed by atoms with Crippen molar-refractivity contribution in [3.05, 3.63) is 35.5 Å². The topological polar surface area (TPSA) is 63.5 Å². The van der Waals surface area contributed by atoms with E-state index in [-0.39, 0.29) is 6.54 Å². The number of hydroxylamine groups is 2. The minimum atomic E-state index is -0.942. The number of aliphatic hydroxyl groups excluding tert-OH is 2. The quantitative estimate of drug-likeness (QED) is 0.526. The number of hydrogen-bond acceptors (Lipinski definition) is 3. The minimum Gasteiger partial charge on any atom is -0.627 e. The van der Waals surface area contributed by atoms with Crippen molar-refractivity contribution in [3.63, 3.8) is 0 Å². The fraction of sp³-hybridized carbons (Fsp3) is 0.455. The van der Waals surface area contributed by atoms with E-state index in [2.05, 4.69) is 0 Å². The Labute approximate surface area is 88.6 Å². The van der Waals surface area contributed by atoms with E-state index in [1.807, 2.05) is 6.07 Å². The van der Waals surface area contributed by atoms with Crippen molar-refractivity contribution in [2.75, 3.05) is 6.54 Å². The lowest BCUT2D eigenvalue weighted by Crippen LogP contribution is -2.48. The van der Waals surface area contributed by atoms with E-state index in [9.17, 15) is 15.4 Å². The second-order valence-electron chi connectivity index (χ2n) is 4.11. The lowest BCUT2D eigenvalue weighted by molar-refractivity contribution is 0.0424. The molecule has 15 heavy (non-hydrogen) atoms. The van der Waals surface area contributed by atoms with Crippen LogP contribution in [0.3, 0.4) is 0 Å². The van der Waals surface area contributed by atoms with Crippen LogP contribution in [-0.2, 0) is 0 Å². The standard InChI is InChI=1S/C11H15NO3/c1-8-11(14)10(13)7-12(8,15)9-5-3-2-4-6-9/h2-6,8,10-11,13-14H,7H2,1H3/t8-,10+,11-,12+/m0/s1. The normalized spacial score (nSPS) is 40.7. The molecule has 0 aliphatic carbocycles. The molecule has 4 nitrogen and oxygen atoms in total. The van der Waals surface area contributed by atoms with E-state index in [1.54, 1.807) is 31.2 Å². The number of hydrogen-bond donors (Lipinski definition) is 2. The molecule has 0 saturated carbocycles. The van der Waals surface area contributed by atoms with Crippen LogP contribution in [-0.4, -0.2) is 35.0 Å². The highest BCUT2D eigenvalue weighted by Gasteiger charge is 2.46. The van der Waals surface area contributed by atoms with Crippen LogP contribution < -0.4 is 4.65 Å². The monoisotopic (exact) mass is 209 g/mol. The van der Waals surface area contributed by atoms with E-state index >= 15 is 0 Å². The first-order valence-electron chi connectivity index (χ1n) is 5.06. The van der Waals surface area contributed by atoms with Crippen LogP contribution in [0.2, 0.25) is 0 Å². The van der Waals surface area contributed by atoms with Crippen LogP contribution in [0.5, 0.6) is 0 Å². The molecule has 1 aliphatic rings. The second kappa shape index (κ2) is 3.57. The molecule has 0 amide bonds. The van der Waals surface area contributed by atoms with Crippen molar-refractivity contribution in [2.45, 2.75) is 25.2 Å². The van der Waals surface area contributed by atoms with Gasteiger partial charge in [-0.3, -0.25) is 0 Å². The van der Waals surface area contributed by atoms with Crippen LogP contribution in [0.15, 0.2) is 30.3 Å². The maximum Gasteiger partial charge on any atom is 0.137 e. The summed E-state index contributed by atoms with van der Waals surface area (Å²) in [5.41, 5.74) is 0.584. The Bertz CT molecular complexity index is 343. The highest BCUT2D eigenvalue weighted by atomic mass is 16.6. The van der Waals surface area contributed by atoms with Crippen LogP contribution in [0.1, 0.15) is 6.92 Å². The molecule has 0 bridgehead atoms. The maximum atomic E-state index is 12.5. The summed E-state index contributed by atoms with van der Waals surface area (Å²) in [6, 6.07) is 8.35. The van der Waals surface area contributed by atoms with Crippen LogP contribution in [0, 0.1) is 5.21 Å². The van der Waals surface area contributed by atoms with Gasteiger partial charge in [0.15, 0.2) is 0 Å². The van der Waals surface area contributed by atoms with Gasteiger partial charge in [0.1, 0.15) is 30.5 Å². The first-order chi connectivity index (χ1) is 7.05. The van der Waals surface area contributed by atoms with E-state index in [1.165, 1.54) is 0 Å². The summed E-state index contributed by atoms with van der Waals surface area (Å²) in [5, 5.41) is 31.6. The SMILES string of the molecule is C[C@H]1[C@H](O)[C@H](O)C[N@+]1([O-])c1ccccc1. The Hall–Kier alpha value is -0.940. The Morgan fingerprint density at radius 1 is 1.27 bits per heavy atom. The first kappa shape index (κ1) is 10.6. The molecule has 1 aliphatic heterocycles. The summed E-state index contributed by atoms with van der Waals surface area (Å²) in [6.45, 7) is 1.69. The van der Waals surface area contributed by atoms with Crippen LogP contribution >= 0.6 is 0 Å². The molecule has 0 unspecified atom stereocenters. The van der Waals surface area contributed by atoms with Gasteiger partial charge in [-0.05, 0) is 19.1 Å². The van der Waals surface area contributed by atoms with E-state index in [4.69, 9.17) is 0 Å². The third kappa shape index (κ3) is 1.55. The molecular formula is C11H15NO3. The third-order valence-corrected chi connectivity index (χ3v) is 3.20. The number of aliphatic hydroxyl groups is 2. The average Bonchev–Trinajstić information content (AvgIpc) is 2.45. The smallest absolute Gasteiger partial charge is 0.137 e. The Morgan fingerprint density at radius 2 is 1.87 bits per heavy atom. The van der Waals surface area contributed by atoms with Crippen LogP contribution in [0.4, 0.5) is 5.69 Å². The van der Waals surface area contributed by atoms with Gasteiger partial charge in [-0.2, -0.15) is 0 Å². The molecule has 0 radical (unpaired) electrons. The van der Waals surface area contributed by atoms with Gasteiger partial charge in [0, 0.05) is 0 Å². The fourth-order valence-electron chi connectivity index (χ4n) is 2.14. The zero-order valence-electron chi connectivity index (χ0n) is 8.58. The largest absolute Gasteiger partial charge is 0.627 e. The predicted molar refractivity (Wildman–Crippen MR) is 57.9 cm³/mol. The molecule has 0 spiro atoms. The van der Waals surface area contributed by atoms with Crippen molar-refractivity contribution < 1.29 is 10.2 Å². The lowest BCUT2D eigenvalue weighted by atomic mass is 10.1. The Balaban J connectivity index is 2.36. The van der Waals surface area contributed by atoms with E-state index in [0.717, 1.165) is 0 Å². The van der Waals surface area contributed by atoms with Crippen molar-refractivity contribution in [2.24, 2.45) is 0 Å². The Morgan fingerprint density at radius 3 is 2.33 bits per heavy atom. The van der Waals surface area contributed by atoms with Crippen molar-refractivity contribution in [1.82, 2.24) is 4.65 Å². The van der Waals surface area contributed by atoms with Crippen molar-refractivity contribution in [1.29, 1.82) is 0 Å². The number of para-hydroxylation sites is 1. The lowest BCUT2D eigenvalue weighted by Gasteiger charge is -2.42. The van der Waals surface area contributed by atoms with Gasteiger partial charge in [-0.25, -0.2) is 0 Å². The number of nitrogens with zero attached hydrogens (tertiary/aromatic N) is 1. The molecule has 4 heteroatoms. The molecule has 82 valence electrons. The number of quaternary nitrogens is 1.